The minimum absolute atomic E-state index is 0.358. The van der Waals surface area contributed by atoms with Crippen LogP contribution in [0.15, 0.2) is 18.2 Å². The molecule has 0 radical (unpaired) electrons. The van der Waals surface area contributed by atoms with Gasteiger partial charge < -0.3 is 5.32 Å². The number of benzene rings is 1. The van der Waals surface area contributed by atoms with E-state index < -0.39 is 0 Å². The van der Waals surface area contributed by atoms with Crippen molar-refractivity contribution in [2.75, 3.05) is 6.54 Å². The maximum atomic E-state index is 3.60. The Hall–Kier alpha value is -0.820. The van der Waals surface area contributed by atoms with E-state index in [4.69, 9.17) is 0 Å². The van der Waals surface area contributed by atoms with E-state index in [1.54, 1.807) is 0 Å². The molecule has 0 saturated heterocycles. The summed E-state index contributed by atoms with van der Waals surface area (Å²) in [6, 6.07) is 6.52. The normalized spacial score (nSPS) is 12.2. The molecule has 0 amide bonds. The zero-order valence-corrected chi connectivity index (χ0v) is 12.2. The molecule has 1 N–H and O–H groups in total. The van der Waals surface area contributed by atoms with Crippen LogP contribution in [0.4, 0.5) is 0 Å². The summed E-state index contributed by atoms with van der Waals surface area (Å²) in [6.07, 6.45) is 0. The van der Waals surface area contributed by atoms with Crippen LogP contribution in [0.3, 0.4) is 0 Å². The number of hydrogen-bond acceptors (Lipinski definition) is 1. The highest BCUT2D eigenvalue weighted by molar-refractivity contribution is 5.33. The van der Waals surface area contributed by atoms with Crippen molar-refractivity contribution in [2.24, 2.45) is 11.3 Å². The molecule has 1 aromatic rings. The molecule has 1 rings (SSSR count). The highest BCUT2D eigenvalue weighted by atomic mass is 14.9. The number of aryl methyl sites for hydroxylation is 2. The Morgan fingerprint density at radius 2 is 1.65 bits per heavy atom. The first kappa shape index (κ1) is 14.2. The second-order valence-corrected chi connectivity index (χ2v) is 6.12. The third-order valence-electron chi connectivity index (χ3n) is 4.09. The van der Waals surface area contributed by atoms with Crippen LogP contribution in [0.25, 0.3) is 0 Å². The van der Waals surface area contributed by atoms with Crippen molar-refractivity contribution in [2.45, 2.75) is 48.1 Å². The molecule has 0 heterocycles. The van der Waals surface area contributed by atoms with Crippen molar-refractivity contribution in [3.05, 3.63) is 34.9 Å². The van der Waals surface area contributed by atoms with Crippen molar-refractivity contribution in [3.63, 3.8) is 0 Å². The average Bonchev–Trinajstić information content (AvgIpc) is 2.22. The van der Waals surface area contributed by atoms with Gasteiger partial charge in [0.05, 0.1) is 0 Å². The molecule has 1 aromatic carbocycles. The molecule has 0 fully saturated rings. The van der Waals surface area contributed by atoms with E-state index in [-0.39, 0.29) is 0 Å². The largest absolute Gasteiger partial charge is 0.312 e. The van der Waals surface area contributed by atoms with Gasteiger partial charge in [0.1, 0.15) is 0 Å². The van der Waals surface area contributed by atoms with Gasteiger partial charge in [0, 0.05) is 13.1 Å². The Labute approximate surface area is 107 Å². The minimum atomic E-state index is 0.358. The van der Waals surface area contributed by atoms with Gasteiger partial charge in [-0.1, -0.05) is 45.9 Å². The summed E-state index contributed by atoms with van der Waals surface area (Å²) in [7, 11) is 0. The van der Waals surface area contributed by atoms with Crippen LogP contribution in [0.1, 0.15) is 44.4 Å². The Morgan fingerprint density at radius 1 is 1.12 bits per heavy atom. The topological polar surface area (TPSA) is 12.0 Å². The first-order chi connectivity index (χ1) is 7.84. The van der Waals surface area contributed by atoms with Crippen LogP contribution in [0.5, 0.6) is 0 Å². The lowest BCUT2D eigenvalue weighted by molar-refractivity contribution is 0.238. The van der Waals surface area contributed by atoms with E-state index in [2.05, 4.69) is 65.1 Å². The molecule has 0 bridgehead atoms. The van der Waals surface area contributed by atoms with E-state index in [1.165, 1.54) is 16.7 Å². The average molecular weight is 233 g/mol. The summed E-state index contributed by atoms with van der Waals surface area (Å²) < 4.78 is 0. The fourth-order valence-corrected chi connectivity index (χ4v) is 1.84. The maximum absolute atomic E-state index is 3.60. The number of nitrogens with one attached hydrogen (secondary N) is 1. The highest BCUT2D eigenvalue weighted by Gasteiger charge is 2.21. The van der Waals surface area contributed by atoms with Gasteiger partial charge >= 0.3 is 0 Å². The van der Waals surface area contributed by atoms with Gasteiger partial charge in [-0.25, -0.2) is 0 Å². The second kappa shape index (κ2) is 5.68. The predicted molar refractivity (Wildman–Crippen MR) is 76.2 cm³/mol. The van der Waals surface area contributed by atoms with E-state index in [9.17, 15) is 0 Å². The first-order valence-corrected chi connectivity index (χ1v) is 6.60. The Balaban J connectivity index is 2.57. The Kier molecular flexibility index (Phi) is 4.76. The zero-order valence-electron chi connectivity index (χ0n) is 12.2. The maximum Gasteiger partial charge on any atom is 0.0210 e. The van der Waals surface area contributed by atoms with Crippen LogP contribution in [-0.2, 0) is 6.54 Å². The van der Waals surface area contributed by atoms with Crippen LogP contribution >= 0.6 is 0 Å². The molecule has 17 heavy (non-hydrogen) atoms. The monoisotopic (exact) mass is 233 g/mol. The van der Waals surface area contributed by atoms with Crippen molar-refractivity contribution in [1.29, 1.82) is 0 Å². The number of hydrogen-bond donors (Lipinski definition) is 1. The molecule has 0 saturated carbocycles. The van der Waals surface area contributed by atoms with E-state index in [1.807, 2.05) is 0 Å². The predicted octanol–water partition coefficient (Wildman–Crippen LogP) is 4.08. The summed E-state index contributed by atoms with van der Waals surface area (Å²) in [5.74, 6) is 0.702. The van der Waals surface area contributed by atoms with Gasteiger partial charge in [0.25, 0.3) is 0 Å². The van der Waals surface area contributed by atoms with Crippen LogP contribution in [0, 0.1) is 25.2 Å². The third-order valence-corrected chi connectivity index (χ3v) is 4.09. The summed E-state index contributed by atoms with van der Waals surface area (Å²) in [5, 5.41) is 3.60. The fourth-order valence-electron chi connectivity index (χ4n) is 1.84. The quantitative estimate of drug-likeness (QED) is 0.808. The van der Waals surface area contributed by atoms with Gasteiger partial charge in [0.15, 0.2) is 0 Å². The summed E-state index contributed by atoms with van der Waals surface area (Å²) in [5.41, 5.74) is 4.59. The van der Waals surface area contributed by atoms with E-state index in [0.717, 1.165) is 13.1 Å². The standard InChI is InChI=1S/C16H27N/c1-12(2)16(5,6)11-17-10-15-13(3)8-7-9-14(15)4/h7-9,12,17H,10-11H2,1-6H3. The molecule has 0 unspecified atom stereocenters. The molecular weight excluding hydrogens is 206 g/mol. The lowest BCUT2D eigenvalue weighted by Gasteiger charge is -2.29. The van der Waals surface area contributed by atoms with Crippen molar-refractivity contribution >= 4 is 0 Å². The zero-order chi connectivity index (χ0) is 13.1. The van der Waals surface area contributed by atoms with Gasteiger partial charge in [-0.05, 0) is 41.9 Å². The van der Waals surface area contributed by atoms with Crippen LogP contribution in [0.2, 0.25) is 0 Å². The Bertz CT molecular complexity index is 344. The molecule has 0 aliphatic heterocycles. The summed E-state index contributed by atoms with van der Waals surface area (Å²) in [4.78, 5) is 0. The van der Waals surface area contributed by atoms with E-state index >= 15 is 0 Å². The third kappa shape index (κ3) is 3.85. The molecule has 1 heteroatoms. The SMILES string of the molecule is Cc1cccc(C)c1CNCC(C)(C)C(C)C. The minimum Gasteiger partial charge on any atom is -0.312 e. The molecule has 0 aliphatic carbocycles. The van der Waals surface area contributed by atoms with Gasteiger partial charge in [-0.3, -0.25) is 0 Å². The molecule has 0 atom stereocenters. The van der Waals surface area contributed by atoms with Crippen molar-refractivity contribution in [1.82, 2.24) is 5.32 Å². The lowest BCUT2D eigenvalue weighted by Crippen LogP contribution is -2.33. The Morgan fingerprint density at radius 3 is 2.12 bits per heavy atom. The smallest absolute Gasteiger partial charge is 0.0210 e. The van der Waals surface area contributed by atoms with E-state index in [0.29, 0.717) is 11.3 Å². The highest BCUT2D eigenvalue weighted by Crippen LogP contribution is 2.25. The molecule has 1 nitrogen and oxygen atoms in total. The molecule has 0 spiro atoms. The van der Waals surface area contributed by atoms with Gasteiger partial charge in [-0.15, -0.1) is 0 Å². The lowest BCUT2D eigenvalue weighted by atomic mass is 9.81. The molecular formula is C16H27N. The second-order valence-electron chi connectivity index (χ2n) is 6.12. The van der Waals surface area contributed by atoms with Gasteiger partial charge in [0.2, 0.25) is 0 Å². The van der Waals surface area contributed by atoms with Crippen LogP contribution in [-0.4, -0.2) is 6.54 Å². The van der Waals surface area contributed by atoms with Gasteiger partial charge in [-0.2, -0.15) is 0 Å². The summed E-state index contributed by atoms with van der Waals surface area (Å²) in [6.45, 7) is 15.7. The first-order valence-electron chi connectivity index (χ1n) is 6.60. The summed E-state index contributed by atoms with van der Waals surface area (Å²) >= 11 is 0. The van der Waals surface area contributed by atoms with Crippen molar-refractivity contribution < 1.29 is 0 Å². The molecule has 0 aromatic heterocycles. The number of rotatable bonds is 5. The molecule has 0 aliphatic rings. The van der Waals surface area contributed by atoms with Crippen molar-refractivity contribution in [3.8, 4) is 0 Å². The van der Waals surface area contributed by atoms with Crippen LogP contribution < -0.4 is 5.32 Å². The molecule has 96 valence electrons. The fraction of sp³-hybridized carbons (Fsp3) is 0.625.